The molecule has 0 radical (unpaired) electrons. The summed E-state index contributed by atoms with van der Waals surface area (Å²) in [5, 5.41) is 17.7. The highest BCUT2D eigenvalue weighted by molar-refractivity contribution is 14.0. The molecule has 0 aromatic carbocycles. The van der Waals surface area contributed by atoms with Crippen molar-refractivity contribution >= 4 is 41.3 Å². The summed E-state index contributed by atoms with van der Waals surface area (Å²) in [5.41, 5.74) is 0. The summed E-state index contributed by atoms with van der Waals surface area (Å²) in [6, 6.07) is 0. The third-order valence-corrected chi connectivity index (χ3v) is 5.23. The third kappa shape index (κ3) is 6.93. The van der Waals surface area contributed by atoms with E-state index in [9.17, 15) is 5.11 Å². The second-order valence-corrected chi connectivity index (χ2v) is 6.93. The molecule has 2 unspecified atom stereocenters. The predicted octanol–water partition coefficient (Wildman–Crippen LogP) is 2.58. The topological polar surface area (TPSA) is 69.5 Å². The molecule has 132 valence electrons. The maximum absolute atomic E-state index is 9.87. The normalized spacial score (nSPS) is 21.1. The van der Waals surface area contributed by atoms with Gasteiger partial charge >= 0.3 is 0 Å². The number of halogens is 1. The van der Waals surface area contributed by atoms with E-state index in [0.717, 1.165) is 51.2 Å². The molecule has 0 amide bonds. The van der Waals surface area contributed by atoms with Crippen molar-refractivity contribution in [1.82, 2.24) is 15.6 Å². The molecule has 1 aromatic rings. The number of thiazole rings is 1. The standard InChI is InChI=1S/C16H28N4OS.HI/c1-3-13-11-19-15(22-13)8-9-18-16(17-4-2)20-10-12-6-5-7-14(12)21;/h11-12,14,21H,3-10H2,1-2H3,(H2,17,18,20);1H. The molecular formula is C16H29IN4OS. The Morgan fingerprint density at radius 1 is 1.39 bits per heavy atom. The van der Waals surface area contributed by atoms with Gasteiger partial charge in [0.15, 0.2) is 5.96 Å². The Labute approximate surface area is 160 Å². The van der Waals surface area contributed by atoms with Crippen molar-refractivity contribution in [3.63, 3.8) is 0 Å². The van der Waals surface area contributed by atoms with Crippen LogP contribution in [0.3, 0.4) is 0 Å². The summed E-state index contributed by atoms with van der Waals surface area (Å²) in [7, 11) is 0. The Morgan fingerprint density at radius 2 is 2.22 bits per heavy atom. The van der Waals surface area contributed by atoms with Crippen molar-refractivity contribution in [2.45, 2.75) is 52.1 Å². The first kappa shape index (κ1) is 20.6. The van der Waals surface area contributed by atoms with Crippen LogP contribution in [0.4, 0.5) is 0 Å². The van der Waals surface area contributed by atoms with Crippen molar-refractivity contribution < 1.29 is 5.11 Å². The molecule has 5 nitrogen and oxygen atoms in total. The van der Waals surface area contributed by atoms with Crippen molar-refractivity contribution in [3.8, 4) is 0 Å². The molecule has 1 saturated carbocycles. The van der Waals surface area contributed by atoms with E-state index in [-0.39, 0.29) is 30.1 Å². The van der Waals surface area contributed by atoms with Crippen LogP contribution in [-0.4, -0.2) is 41.8 Å². The van der Waals surface area contributed by atoms with Gasteiger partial charge in [0.25, 0.3) is 0 Å². The Kier molecular flexibility index (Phi) is 10.0. The first-order valence-electron chi connectivity index (χ1n) is 8.36. The highest BCUT2D eigenvalue weighted by Crippen LogP contribution is 2.25. The zero-order valence-electron chi connectivity index (χ0n) is 14.0. The van der Waals surface area contributed by atoms with Crippen LogP contribution >= 0.6 is 35.3 Å². The summed E-state index contributed by atoms with van der Waals surface area (Å²) < 4.78 is 0. The summed E-state index contributed by atoms with van der Waals surface area (Å²) in [6.07, 6.45) is 6.90. The fraction of sp³-hybridized carbons (Fsp3) is 0.750. The Morgan fingerprint density at radius 3 is 2.83 bits per heavy atom. The molecule has 1 fully saturated rings. The van der Waals surface area contributed by atoms with Crippen molar-refractivity contribution in [2.24, 2.45) is 10.9 Å². The van der Waals surface area contributed by atoms with Crippen molar-refractivity contribution in [1.29, 1.82) is 0 Å². The van der Waals surface area contributed by atoms with E-state index < -0.39 is 0 Å². The monoisotopic (exact) mass is 452 g/mol. The number of nitrogens with zero attached hydrogens (tertiary/aromatic N) is 2. The van der Waals surface area contributed by atoms with Crippen molar-refractivity contribution in [3.05, 3.63) is 16.1 Å². The molecule has 2 rings (SSSR count). The van der Waals surface area contributed by atoms with Crippen LogP contribution in [0.2, 0.25) is 0 Å². The number of rotatable bonds is 7. The van der Waals surface area contributed by atoms with E-state index in [2.05, 4.69) is 34.5 Å². The first-order valence-corrected chi connectivity index (χ1v) is 9.18. The van der Waals surface area contributed by atoms with Crippen LogP contribution in [0, 0.1) is 5.92 Å². The maximum atomic E-state index is 9.87. The number of aromatic nitrogens is 1. The van der Waals surface area contributed by atoms with Gasteiger partial charge in [-0.15, -0.1) is 35.3 Å². The highest BCUT2D eigenvalue weighted by atomic mass is 127. The molecule has 0 spiro atoms. The van der Waals surface area contributed by atoms with Gasteiger partial charge in [0, 0.05) is 43.0 Å². The minimum absolute atomic E-state index is 0. The zero-order valence-corrected chi connectivity index (χ0v) is 17.2. The molecule has 0 bridgehead atoms. The first-order chi connectivity index (χ1) is 10.7. The summed E-state index contributed by atoms with van der Waals surface area (Å²) in [4.78, 5) is 10.4. The lowest BCUT2D eigenvalue weighted by atomic mass is 10.1. The Bertz CT molecular complexity index is 480. The number of aliphatic hydroxyl groups excluding tert-OH is 1. The van der Waals surface area contributed by atoms with Crippen LogP contribution in [0.1, 0.15) is 43.0 Å². The number of nitrogens with one attached hydrogen (secondary N) is 2. The number of aryl methyl sites for hydroxylation is 1. The van der Waals surface area contributed by atoms with Gasteiger partial charge in [-0.05, 0) is 26.2 Å². The molecule has 23 heavy (non-hydrogen) atoms. The number of guanidine groups is 1. The Balaban J connectivity index is 0.00000264. The SMILES string of the molecule is CCNC(=NCC1CCCC1O)NCCc1ncc(CC)s1.I. The summed E-state index contributed by atoms with van der Waals surface area (Å²) in [6.45, 7) is 6.60. The van der Waals surface area contributed by atoms with Crippen LogP contribution in [-0.2, 0) is 12.8 Å². The minimum Gasteiger partial charge on any atom is -0.393 e. The molecule has 0 aliphatic heterocycles. The second kappa shape index (κ2) is 11.2. The van der Waals surface area contributed by atoms with E-state index in [1.54, 1.807) is 11.3 Å². The van der Waals surface area contributed by atoms with Crippen molar-refractivity contribution in [2.75, 3.05) is 19.6 Å². The second-order valence-electron chi connectivity index (χ2n) is 5.73. The van der Waals surface area contributed by atoms with E-state index in [1.807, 2.05) is 6.20 Å². The van der Waals surface area contributed by atoms with Crippen LogP contribution in [0.5, 0.6) is 0 Å². The number of aliphatic hydroxyl groups is 1. The van der Waals surface area contributed by atoms with Gasteiger partial charge in [-0.2, -0.15) is 0 Å². The van der Waals surface area contributed by atoms with E-state index in [1.165, 1.54) is 9.88 Å². The molecule has 1 aromatic heterocycles. The molecule has 0 saturated heterocycles. The summed E-state index contributed by atoms with van der Waals surface area (Å²) >= 11 is 1.79. The van der Waals surface area contributed by atoms with Gasteiger partial charge < -0.3 is 15.7 Å². The van der Waals surface area contributed by atoms with Gasteiger partial charge in [-0.1, -0.05) is 13.3 Å². The fourth-order valence-electron chi connectivity index (χ4n) is 2.70. The van der Waals surface area contributed by atoms with Gasteiger partial charge in [0.05, 0.1) is 11.1 Å². The number of hydrogen-bond donors (Lipinski definition) is 3. The molecule has 1 aliphatic rings. The average molecular weight is 452 g/mol. The number of aliphatic imine (C=N–C) groups is 1. The number of hydrogen-bond acceptors (Lipinski definition) is 4. The molecule has 7 heteroatoms. The zero-order chi connectivity index (χ0) is 15.8. The quantitative estimate of drug-likeness (QED) is 0.338. The molecule has 1 aliphatic carbocycles. The maximum Gasteiger partial charge on any atom is 0.191 e. The van der Waals surface area contributed by atoms with E-state index in [0.29, 0.717) is 12.5 Å². The highest BCUT2D eigenvalue weighted by Gasteiger charge is 2.24. The van der Waals surface area contributed by atoms with Gasteiger partial charge in [0.2, 0.25) is 0 Å². The van der Waals surface area contributed by atoms with Crippen LogP contribution < -0.4 is 10.6 Å². The van der Waals surface area contributed by atoms with Crippen LogP contribution in [0.25, 0.3) is 0 Å². The minimum atomic E-state index is -0.172. The lowest BCUT2D eigenvalue weighted by Gasteiger charge is -2.14. The molecule has 1 heterocycles. The van der Waals surface area contributed by atoms with Gasteiger partial charge in [0.1, 0.15) is 0 Å². The third-order valence-electron chi connectivity index (χ3n) is 4.03. The molecule has 3 N–H and O–H groups in total. The van der Waals surface area contributed by atoms with Crippen LogP contribution in [0.15, 0.2) is 11.2 Å². The summed E-state index contributed by atoms with van der Waals surface area (Å²) in [5.74, 6) is 1.16. The molecular weight excluding hydrogens is 423 g/mol. The fourth-order valence-corrected chi connectivity index (χ4v) is 3.56. The average Bonchev–Trinajstić information content (AvgIpc) is 3.13. The lowest BCUT2D eigenvalue weighted by molar-refractivity contribution is 0.136. The predicted molar refractivity (Wildman–Crippen MR) is 108 cm³/mol. The molecule has 2 atom stereocenters. The van der Waals surface area contributed by atoms with E-state index >= 15 is 0 Å². The Hall–Kier alpha value is -0.410. The largest absolute Gasteiger partial charge is 0.393 e. The lowest BCUT2D eigenvalue weighted by Crippen LogP contribution is -2.39. The van der Waals surface area contributed by atoms with Gasteiger partial charge in [-0.25, -0.2) is 4.98 Å². The van der Waals surface area contributed by atoms with Gasteiger partial charge in [-0.3, -0.25) is 4.99 Å². The van der Waals surface area contributed by atoms with E-state index in [4.69, 9.17) is 0 Å². The smallest absolute Gasteiger partial charge is 0.191 e.